The first-order valence-electron chi connectivity index (χ1n) is 9.65. The molecule has 1 unspecified atom stereocenters. The molecule has 2 aromatic carbocycles. The molecule has 1 atom stereocenters. The van der Waals surface area contributed by atoms with Gasteiger partial charge in [0.1, 0.15) is 0 Å². The van der Waals surface area contributed by atoms with E-state index in [-0.39, 0.29) is 5.78 Å². The van der Waals surface area contributed by atoms with Crippen molar-refractivity contribution in [3.63, 3.8) is 0 Å². The summed E-state index contributed by atoms with van der Waals surface area (Å²) in [7, 11) is 0. The summed E-state index contributed by atoms with van der Waals surface area (Å²) < 4.78 is 0. The van der Waals surface area contributed by atoms with Gasteiger partial charge < -0.3 is 0 Å². The van der Waals surface area contributed by atoms with E-state index in [0.29, 0.717) is 12.3 Å². The van der Waals surface area contributed by atoms with Gasteiger partial charge in [-0.15, -0.1) is 0 Å². The third-order valence-corrected chi connectivity index (χ3v) is 5.31. The van der Waals surface area contributed by atoms with Gasteiger partial charge >= 0.3 is 0 Å². The van der Waals surface area contributed by atoms with E-state index in [0.717, 1.165) is 24.8 Å². The molecule has 1 heteroatoms. The van der Waals surface area contributed by atoms with Crippen LogP contribution in [0.1, 0.15) is 67.8 Å². The largest absolute Gasteiger partial charge is 0.294 e. The summed E-state index contributed by atoms with van der Waals surface area (Å²) in [6.07, 6.45) is 7.72. The van der Waals surface area contributed by atoms with Crippen LogP contribution < -0.4 is 0 Å². The normalized spacial score (nSPS) is 19.0. The average molecular weight is 332 g/mol. The molecule has 0 radical (unpaired) electrons. The second-order valence-corrected chi connectivity index (χ2v) is 7.06. The molecule has 130 valence electrons. The highest BCUT2D eigenvalue weighted by molar-refractivity contribution is 5.96. The van der Waals surface area contributed by atoms with E-state index in [1.165, 1.54) is 30.4 Å². The smallest absolute Gasteiger partial charge is 0.163 e. The Morgan fingerprint density at radius 2 is 1.60 bits per heavy atom. The van der Waals surface area contributed by atoms with E-state index in [1.807, 2.05) is 30.3 Å². The lowest BCUT2D eigenvalue weighted by Gasteiger charge is -2.18. The number of hydrogen-bond acceptors (Lipinski definition) is 1. The Hall–Kier alpha value is -2.15. The second kappa shape index (κ2) is 8.80. The quantitative estimate of drug-likeness (QED) is 0.515. The van der Waals surface area contributed by atoms with Crippen molar-refractivity contribution >= 4 is 11.4 Å². The number of allylic oxidation sites excluding steroid dienone is 2. The third-order valence-electron chi connectivity index (χ3n) is 5.31. The molecule has 0 aromatic heterocycles. The Morgan fingerprint density at radius 3 is 2.24 bits per heavy atom. The van der Waals surface area contributed by atoms with Gasteiger partial charge in [-0.1, -0.05) is 79.6 Å². The number of rotatable bonds is 7. The number of Topliss-reactive ketones (excluding diaryl/α,β-unsaturated/α-hetero) is 1. The van der Waals surface area contributed by atoms with Crippen molar-refractivity contribution in [2.75, 3.05) is 0 Å². The Labute approximate surface area is 151 Å². The highest BCUT2D eigenvalue weighted by atomic mass is 16.1. The first kappa shape index (κ1) is 17.7. The third kappa shape index (κ3) is 4.48. The van der Waals surface area contributed by atoms with Crippen molar-refractivity contribution in [1.29, 1.82) is 0 Å². The molecule has 1 saturated carbocycles. The van der Waals surface area contributed by atoms with Crippen LogP contribution in [0.5, 0.6) is 0 Å². The SMILES string of the molecule is CCCC/C(=C1/CCCC1CC(=O)c1ccccc1)c1ccccc1. The van der Waals surface area contributed by atoms with Crippen molar-refractivity contribution in [3.8, 4) is 0 Å². The lowest BCUT2D eigenvalue weighted by atomic mass is 9.86. The Morgan fingerprint density at radius 1 is 0.960 bits per heavy atom. The van der Waals surface area contributed by atoms with E-state index < -0.39 is 0 Å². The lowest BCUT2D eigenvalue weighted by molar-refractivity contribution is 0.0968. The van der Waals surface area contributed by atoms with E-state index >= 15 is 0 Å². The van der Waals surface area contributed by atoms with E-state index in [4.69, 9.17) is 0 Å². The van der Waals surface area contributed by atoms with E-state index in [9.17, 15) is 4.79 Å². The number of ketones is 1. The standard InChI is InChI=1S/C24H28O/c1-2-3-16-22(19-11-6-4-7-12-19)23-17-10-15-21(23)18-24(25)20-13-8-5-9-14-20/h4-9,11-14,21H,2-3,10,15-18H2,1H3/b23-22+. The van der Waals surface area contributed by atoms with Crippen molar-refractivity contribution in [3.05, 3.63) is 77.4 Å². The van der Waals surface area contributed by atoms with Crippen LogP contribution in [0.2, 0.25) is 0 Å². The van der Waals surface area contributed by atoms with Crippen molar-refractivity contribution < 1.29 is 4.79 Å². The number of carbonyl (C=O) groups excluding carboxylic acids is 1. The van der Waals surface area contributed by atoms with Crippen LogP contribution in [0.3, 0.4) is 0 Å². The van der Waals surface area contributed by atoms with Gasteiger partial charge in [0.15, 0.2) is 5.78 Å². The van der Waals surface area contributed by atoms with Gasteiger partial charge in [0.25, 0.3) is 0 Å². The fourth-order valence-electron chi connectivity index (χ4n) is 3.99. The molecule has 0 saturated heterocycles. The first-order valence-corrected chi connectivity index (χ1v) is 9.65. The van der Waals surface area contributed by atoms with Crippen molar-refractivity contribution in [2.24, 2.45) is 5.92 Å². The van der Waals surface area contributed by atoms with Gasteiger partial charge in [0, 0.05) is 12.0 Å². The predicted molar refractivity (Wildman–Crippen MR) is 106 cm³/mol. The summed E-state index contributed by atoms with van der Waals surface area (Å²) in [6, 6.07) is 20.5. The Bertz CT molecular complexity index is 712. The highest BCUT2D eigenvalue weighted by Crippen LogP contribution is 2.41. The minimum absolute atomic E-state index is 0.285. The highest BCUT2D eigenvalue weighted by Gasteiger charge is 2.26. The maximum Gasteiger partial charge on any atom is 0.163 e. The van der Waals surface area contributed by atoms with Gasteiger partial charge in [-0.2, -0.15) is 0 Å². The molecule has 0 aliphatic heterocycles. The molecule has 1 aliphatic rings. The van der Waals surface area contributed by atoms with Gasteiger partial charge in [-0.3, -0.25) is 4.79 Å². The molecule has 1 fully saturated rings. The van der Waals surface area contributed by atoms with Gasteiger partial charge in [-0.05, 0) is 49.2 Å². The maximum absolute atomic E-state index is 12.7. The van der Waals surface area contributed by atoms with Crippen LogP contribution in [-0.4, -0.2) is 5.78 Å². The zero-order valence-electron chi connectivity index (χ0n) is 15.2. The lowest BCUT2D eigenvalue weighted by Crippen LogP contribution is -2.09. The summed E-state index contributed by atoms with van der Waals surface area (Å²) >= 11 is 0. The topological polar surface area (TPSA) is 17.1 Å². The molecule has 25 heavy (non-hydrogen) atoms. The molecule has 0 amide bonds. The van der Waals surface area contributed by atoms with Gasteiger partial charge in [0.05, 0.1) is 0 Å². The summed E-state index contributed by atoms with van der Waals surface area (Å²) in [4.78, 5) is 12.7. The van der Waals surface area contributed by atoms with Crippen molar-refractivity contribution in [2.45, 2.75) is 51.9 Å². The number of benzene rings is 2. The molecular weight excluding hydrogens is 304 g/mol. The predicted octanol–water partition coefficient (Wildman–Crippen LogP) is 6.70. The maximum atomic E-state index is 12.7. The summed E-state index contributed by atoms with van der Waals surface area (Å²) in [5, 5.41) is 0. The number of unbranched alkanes of at least 4 members (excludes halogenated alkanes) is 1. The summed E-state index contributed by atoms with van der Waals surface area (Å²) in [6.45, 7) is 2.25. The summed E-state index contributed by atoms with van der Waals surface area (Å²) in [5.41, 5.74) is 5.25. The van der Waals surface area contributed by atoms with E-state index in [2.05, 4.69) is 37.3 Å². The fraction of sp³-hybridized carbons (Fsp3) is 0.375. The van der Waals surface area contributed by atoms with Crippen LogP contribution in [0, 0.1) is 5.92 Å². The van der Waals surface area contributed by atoms with Crippen LogP contribution in [0.15, 0.2) is 66.2 Å². The van der Waals surface area contributed by atoms with Gasteiger partial charge in [-0.25, -0.2) is 0 Å². The minimum Gasteiger partial charge on any atom is -0.294 e. The Balaban J connectivity index is 1.86. The number of carbonyl (C=O) groups is 1. The molecule has 0 bridgehead atoms. The molecule has 2 aromatic rings. The molecule has 0 heterocycles. The zero-order valence-corrected chi connectivity index (χ0v) is 15.2. The van der Waals surface area contributed by atoms with Crippen molar-refractivity contribution in [1.82, 2.24) is 0 Å². The summed E-state index contributed by atoms with van der Waals surface area (Å²) in [5.74, 6) is 0.702. The molecule has 3 rings (SSSR count). The zero-order chi connectivity index (χ0) is 17.5. The van der Waals surface area contributed by atoms with E-state index in [1.54, 1.807) is 5.57 Å². The Kier molecular flexibility index (Phi) is 6.22. The average Bonchev–Trinajstić information content (AvgIpc) is 3.11. The van der Waals surface area contributed by atoms with Gasteiger partial charge in [0.2, 0.25) is 0 Å². The minimum atomic E-state index is 0.285. The molecule has 1 aliphatic carbocycles. The monoisotopic (exact) mass is 332 g/mol. The molecule has 1 nitrogen and oxygen atoms in total. The van der Waals surface area contributed by atoms with Crippen LogP contribution in [0.4, 0.5) is 0 Å². The molecule has 0 spiro atoms. The number of hydrogen-bond donors (Lipinski definition) is 0. The van der Waals surface area contributed by atoms with Crippen LogP contribution in [-0.2, 0) is 0 Å². The molecule has 0 N–H and O–H groups in total. The second-order valence-electron chi connectivity index (χ2n) is 7.06. The first-order chi connectivity index (χ1) is 12.3. The van der Waals surface area contributed by atoms with Crippen LogP contribution >= 0.6 is 0 Å². The molecular formula is C24H28O. The van der Waals surface area contributed by atoms with Crippen LogP contribution in [0.25, 0.3) is 5.57 Å². The fourth-order valence-corrected chi connectivity index (χ4v) is 3.99.